The number of rotatable bonds is 5. The highest BCUT2D eigenvalue weighted by Gasteiger charge is 2.27. The van der Waals surface area contributed by atoms with Crippen LogP contribution in [-0.2, 0) is 11.3 Å². The predicted octanol–water partition coefficient (Wildman–Crippen LogP) is 1.57. The fourth-order valence-corrected chi connectivity index (χ4v) is 1.29. The number of carbonyl (C=O) groups excluding carboxylic acids is 1. The maximum atomic E-state index is 12.7. The van der Waals surface area contributed by atoms with Crippen LogP contribution in [0, 0.1) is 5.82 Å². The SMILES string of the molecule is CC[C@](C)(NCc1ccc(F)cc1)C(N)=O. The summed E-state index contributed by atoms with van der Waals surface area (Å²) in [5.74, 6) is -0.644. The van der Waals surface area contributed by atoms with Crippen molar-refractivity contribution in [2.45, 2.75) is 32.4 Å². The van der Waals surface area contributed by atoms with Gasteiger partial charge in [-0.15, -0.1) is 0 Å². The van der Waals surface area contributed by atoms with Crippen molar-refractivity contribution < 1.29 is 9.18 Å². The molecule has 0 bridgehead atoms. The largest absolute Gasteiger partial charge is 0.368 e. The Kier molecular flexibility index (Phi) is 4.01. The summed E-state index contributed by atoms with van der Waals surface area (Å²) in [4.78, 5) is 11.2. The van der Waals surface area contributed by atoms with Crippen LogP contribution in [0.15, 0.2) is 24.3 Å². The molecule has 0 saturated carbocycles. The van der Waals surface area contributed by atoms with Crippen molar-refractivity contribution in [3.05, 3.63) is 35.6 Å². The zero-order valence-electron chi connectivity index (χ0n) is 9.59. The normalized spacial score (nSPS) is 14.4. The van der Waals surface area contributed by atoms with Crippen molar-refractivity contribution in [2.75, 3.05) is 0 Å². The first-order chi connectivity index (χ1) is 7.48. The summed E-state index contributed by atoms with van der Waals surface area (Å²) in [6.45, 7) is 4.15. The van der Waals surface area contributed by atoms with E-state index in [-0.39, 0.29) is 11.7 Å². The van der Waals surface area contributed by atoms with Gasteiger partial charge in [-0.2, -0.15) is 0 Å². The molecule has 4 heteroatoms. The number of nitrogens with one attached hydrogen (secondary N) is 1. The first-order valence-corrected chi connectivity index (χ1v) is 5.27. The second kappa shape index (κ2) is 5.07. The highest BCUT2D eigenvalue weighted by molar-refractivity contribution is 5.84. The molecule has 16 heavy (non-hydrogen) atoms. The van der Waals surface area contributed by atoms with Gasteiger partial charge in [-0.25, -0.2) is 4.39 Å². The van der Waals surface area contributed by atoms with E-state index in [2.05, 4.69) is 5.32 Å². The fourth-order valence-electron chi connectivity index (χ4n) is 1.29. The second-order valence-corrected chi connectivity index (χ2v) is 4.03. The van der Waals surface area contributed by atoms with Gasteiger partial charge in [-0.05, 0) is 31.0 Å². The maximum Gasteiger partial charge on any atom is 0.237 e. The summed E-state index contributed by atoms with van der Waals surface area (Å²) in [5, 5.41) is 3.08. The molecule has 1 rings (SSSR count). The average Bonchev–Trinajstić information content (AvgIpc) is 2.27. The number of benzene rings is 1. The molecule has 3 nitrogen and oxygen atoms in total. The molecule has 0 fully saturated rings. The van der Waals surface area contributed by atoms with E-state index in [1.165, 1.54) is 12.1 Å². The van der Waals surface area contributed by atoms with Crippen molar-refractivity contribution in [1.82, 2.24) is 5.32 Å². The maximum absolute atomic E-state index is 12.7. The minimum atomic E-state index is -0.714. The molecule has 0 aromatic heterocycles. The van der Waals surface area contributed by atoms with Crippen LogP contribution >= 0.6 is 0 Å². The van der Waals surface area contributed by atoms with Crippen molar-refractivity contribution in [3.8, 4) is 0 Å². The first-order valence-electron chi connectivity index (χ1n) is 5.27. The summed E-state index contributed by atoms with van der Waals surface area (Å²) >= 11 is 0. The van der Waals surface area contributed by atoms with Gasteiger partial charge in [0.2, 0.25) is 5.91 Å². The first kappa shape index (κ1) is 12.6. The topological polar surface area (TPSA) is 55.1 Å². The molecule has 3 N–H and O–H groups in total. The fraction of sp³-hybridized carbons (Fsp3) is 0.417. The molecule has 0 aliphatic heterocycles. The Morgan fingerprint density at radius 1 is 1.44 bits per heavy atom. The van der Waals surface area contributed by atoms with E-state index in [9.17, 15) is 9.18 Å². The van der Waals surface area contributed by atoms with E-state index < -0.39 is 5.54 Å². The number of halogens is 1. The van der Waals surface area contributed by atoms with Gasteiger partial charge >= 0.3 is 0 Å². The molecule has 88 valence electrons. The summed E-state index contributed by atoms with van der Waals surface area (Å²) in [6.07, 6.45) is 0.615. The van der Waals surface area contributed by atoms with Crippen LogP contribution in [0.1, 0.15) is 25.8 Å². The molecule has 0 aliphatic carbocycles. The summed E-state index contributed by atoms with van der Waals surface area (Å²) in [6, 6.07) is 6.15. The number of nitrogens with two attached hydrogens (primary N) is 1. The Labute approximate surface area is 94.8 Å². The van der Waals surface area contributed by atoms with Crippen molar-refractivity contribution >= 4 is 5.91 Å². The molecule has 0 unspecified atom stereocenters. The van der Waals surface area contributed by atoms with E-state index >= 15 is 0 Å². The van der Waals surface area contributed by atoms with Gasteiger partial charge in [0.1, 0.15) is 5.82 Å². The number of hydrogen-bond acceptors (Lipinski definition) is 2. The van der Waals surface area contributed by atoms with Gasteiger partial charge in [0.05, 0.1) is 5.54 Å². The van der Waals surface area contributed by atoms with Crippen LogP contribution in [0.4, 0.5) is 4.39 Å². The van der Waals surface area contributed by atoms with E-state index in [4.69, 9.17) is 5.73 Å². The van der Waals surface area contributed by atoms with Gasteiger partial charge in [0.15, 0.2) is 0 Å². The van der Waals surface area contributed by atoms with Crippen LogP contribution in [-0.4, -0.2) is 11.4 Å². The van der Waals surface area contributed by atoms with Crippen LogP contribution in [0.25, 0.3) is 0 Å². The lowest BCUT2D eigenvalue weighted by Crippen LogP contribution is -2.52. The van der Waals surface area contributed by atoms with Crippen molar-refractivity contribution in [3.63, 3.8) is 0 Å². The van der Waals surface area contributed by atoms with E-state index in [1.807, 2.05) is 6.92 Å². The summed E-state index contributed by atoms with van der Waals surface area (Å²) < 4.78 is 12.7. The van der Waals surface area contributed by atoms with Gasteiger partial charge in [-0.3, -0.25) is 10.1 Å². The summed E-state index contributed by atoms with van der Waals surface area (Å²) in [5.41, 5.74) is 5.51. The molecule has 0 heterocycles. The van der Waals surface area contributed by atoms with Gasteiger partial charge in [-0.1, -0.05) is 19.1 Å². The highest BCUT2D eigenvalue weighted by Crippen LogP contribution is 2.10. The second-order valence-electron chi connectivity index (χ2n) is 4.03. The van der Waals surface area contributed by atoms with E-state index in [0.29, 0.717) is 13.0 Å². The molecular formula is C12H17FN2O. The summed E-state index contributed by atoms with van der Waals surface area (Å²) in [7, 11) is 0. The zero-order valence-corrected chi connectivity index (χ0v) is 9.59. The number of hydrogen-bond donors (Lipinski definition) is 2. The molecule has 1 amide bonds. The zero-order chi connectivity index (χ0) is 12.2. The smallest absolute Gasteiger partial charge is 0.237 e. The van der Waals surface area contributed by atoms with Gasteiger partial charge in [0.25, 0.3) is 0 Å². The van der Waals surface area contributed by atoms with Crippen LogP contribution in [0.2, 0.25) is 0 Å². The minimum Gasteiger partial charge on any atom is -0.368 e. The lowest BCUT2D eigenvalue weighted by molar-refractivity contribution is -0.124. The molecular weight excluding hydrogens is 207 g/mol. The quantitative estimate of drug-likeness (QED) is 0.797. The molecule has 0 radical (unpaired) electrons. The van der Waals surface area contributed by atoms with Crippen molar-refractivity contribution in [1.29, 1.82) is 0 Å². The predicted molar refractivity (Wildman–Crippen MR) is 61.1 cm³/mol. The standard InChI is InChI=1S/C12H17FN2O/c1-3-12(2,11(14)16)15-8-9-4-6-10(13)7-5-9/h4-7,15H,3,8H2,1-2H3,(H2,14,16)/t12-/m0/s1. The Bertz CT molecular complexity index is 364. The average molecular weight is 224 g/mol. The van der Waals surface area contributed by atoms with Gasteiger partial charge in [0, 0.05) is 6.54 Å². The molecule has 1 atom stereocenters. The minimum absolute atomic E-state index is 0.267. The lowest BCUT2D eigenvalue weighted by atomic mass is 9.97. The molecule has 0 saturated heterocycles. The highest BCUT2D eigenvalue weighted by atomic mass is 19.1. The van der Waals surface area contributed by atoms with Crippen LogP contribution in [0.3, 0.4) is 0 Å². The van der Waals surface area contributed by atoms with E-state index in [0.717, 1.165) is 5.56 Å². The lowest BCUT2D eigenvalue weighted by Gasteiger charge is -2.26. The Morgan fingerprint density at radius 2 is 2.00 bits per heavy atom. The van der Waals surface area contributed by atoms with Crippen molar-refractivity contribution in [2.24, 2.45) is 5.73 Å². The van der Waals surface area contributed by atoms with Gasteiger partial charge < -0.3 is 5.73 Å². The van der Waals surface area contributed by atoms with E-state index in [1.54, 1.807) is 19.1 Å². The monoisotopic (exact) mass is 224 g/mol. The molecule has 1 aromatic rings. The third-order valence-electron chi connectivity index (χ3n) is 2.85. The number of carbonyl (C=O) groups is 1. The number of amides is 1. The Hall–Kier alpha value is -1.42. The molecule has 1 aromatic carbocycles. The third kappa shape index (κ3) is 3.03. The van der Waals surface area contributed by atoms with Crippen LogP contribution < -0.4 is 11.1 Å². The Morgan fingerprint density at radius 3 is 2.44 bits per heavy atom. The molecule has 0 aliphatic rings. The molecule has 0 spiro atoms. The third-order valence-corrected chi connectivity index (χ3v) is 2.85. The van der Waals surface area contributed by atoms with Crippen LogP contribution in [0.5, 0.6) is 0 Å². The Balaban J connectivity index is 2.63. The number of primary amides is 1.